The summed E-state index contributed by atoms with van der Waals surface area (Å²) in [6.45, 7) is 1.86. The maximum absolute atomic E-state index is 12.9. The average molecular weight is 1090 g/mol. The first-order chi connectivity index (χ1) is 36.1. The van der Waals surface area contributed by atoms with Crippen LogP contribution in [0.5, 0.6) is 0 Å². The first-order valence-corrected chi connectivity index (χ1v) is 29.0. The summed E-state index contributed by atoms with van der Waals surface area (Å²) < 4.78 is 62.5. The molecule has 2 aliphatic heterocycles. The summed E-state index contributed by atoms with van der Waals surface area (Å²) in [5.41, 5.74) is 4.58. The topological polar surface area (TPSA) is 278 Å². The maximum atomic E-state index is 12.9. The Hall–Kier alpha value is -4.62. The molecule has 2 aliphatic rings. The second-order valence-corrected chi connectivity index (χ2v) is 20.7. The molecule has 6 N–H and O–H groups in total. The molecule has 3 rings (SSSR count). The largest absolute Gasteiger partial charge is 0.481 e. The number of carbonyl (C=O) groups is 2. The van der Waals surface area contributed by atoms with E-state index in [1.54, 1.807) is 6.08 Å². The van der Waals surface area contributed by atoms with Crippen molar-refractivity contribution in [2.45, 2.75) is 172 Å². The Bertz CT molecular complexity index is 2260. The second kappa shape index (κ2) is 38.0. The number of rotatable bonds is 40. The SMILES string of the molecule is CC/C=C\C/C=C\C/C=C\C/C=C\C/C=C\C/C=C\CCC(=O)O[C@H](COC(=O)CCCC1OC1C/C=C\C/C=C\C/C=C\CCCCC)COP(=O)(O)OP(=O)(O)OC[C@H]1O[C@@H](n2ccc(N)nc2=O)[C@H](O)[C@@H]1O. The van der Waals surface area contributed by atoms with Crippen molar-refractivity contribution >= 4 is 33.4 Å². The van der Waals surface area contributed by atoms with Crippen molar-refractivity contribution in [3.8, 4) is 0 Å². The number of hydrogen-bond acceptors (Lipinski definition) is 16. The van der Waals surface area contributed by atoms with Gasteiger partial charge in [0.15, 0.2) is 12.3 Å². The number of hydrogen-bond donors (Lipinski definition) is 5. The molecule has 0 amide bonds. The molecule has 0 saturated carbocycles. The van der Waals surface area contributed by atoms with Crippen molar-refractivity contribution in [1.29, 1.82) is 0 Å². The lowest BCUT2D eigenvalue weighted by atomic mass is 10.1. The van der Waals surface area contributed by atoms with Crippen molar-refractivity contribution in [2.75, 3.05) is 25.6 Å². The van der Waals surface area contributed by atoms with Gasteiger partial charge in [0, 0.05) is 19.0 Å². The van der Waals surface area contributed by atoms with Gasteiger partial charge in [0.1, 0.15) is 30.7 Å². The van der Waals surface area contributed by atoms with E-state index in [1.165, 1.54) is 25.3 Å². The zero-order valence-corrected chi connectivity index (χ0v) is 45.3. The van der Waals surface area contributed by atoms with Gasteiger partial charge in [0.25, 0.3) is 0 Å². The third-order valence-electron chi connectivity index (χ3n) is 11.3. The smallest absolute Gasteiger partial charge is 0.462 e. The summed E-state index contributed by atoms with van der Waals surface area (Å²) in [6, 6.07) is 1.24. The Balaban J connectivity index is 1.44. The van der Waals surface area contributed by atoms with Crippen LogP contribution in [0.1, 0.15) is 136 Å². The summed E-state index contributed by atoms with van der Waals surface area (Å²) in [4.78, 5) is 62.1. The van der Waals surface area contributed by atoms with Gasteiger partial charge < -0.3 is 44.7 Å². The summed E-state index contributed by atoms with van der Waals surface area (Å²) >= 11 is 0. The van der Waals surface area contributed by atoms with Crippen LogP contribution in [0.3, 0.4) is 0 Å². The average Bonchev–Trinajstić information content (AvgIpc) is 4.06. The van der Waals surface area contributed by atoms with E-state index in [1.807, 2.05) is 18.2 Å². The first kappa shape index (κ1) is 64.7. The molecule has 2 fully saturated rings. The number of phosphoric ester groups is 2. The lowest BCUT2D eigenvalue weighted by molar-refractivity contribution is -0.161. The predicted molar refractivity (Wildman–Crippen MR) is 288 cm³/mol. The number of aromatic nitrogens is 2. The highest BCUT2D eigenvalue weighted by atomic mass is 31.3. The molecule has 0 aromatic carbocycles. The molecule has 1 aromatic heterocycles. The van der Waals surface area contributed by atoms with E-state index in [0.29, 0.717) is 25.7 Å². The number of anilines is 1. The number of phosphoric acid groups is 2. The highest BCUT2D eigenvalue weighted by molar-refractivity contribution is 7.61. The van der Waals surface area contributed by atoms with Crippen molar-refractivity contribution in [1.82, 2.24) is 9.55 Å². The quantitative estimate of drug-likeness (QED) is 0.0134. The predicted octanol–water partition coefficient (Wildman–Crippen LogP) is 9.99. The van der Waals surface area contributed by atoms with Crippen molar-refractivity contribution in [3.63, 3.8) is 0 Å². The van der Waals surface area contributed by atoms with Crippen LogP contribution in [-0.2, 0) is 51.0 Å². The number of nitrogens with two attached hydrogens (primary N) is 1. The fraction of sp³-hybridized carbons (Fsp3) is 0.556. The standard InChI is InChI=1S/C54H81N3O16P2/c1-3-5-7-9-11-13-15-17-18-19-20-21-22-23-25-27-29-31-33-37-50(59)70-44(41-67-49(58)38-34-36-46-45(71-46)35-32-30-28-26-24-16-14-12-10-8-6-4-2)42-68-74(63,64)73-75(65,66)69-43-47-51(60)52(61)53(72-47)57-40-39-48(55)56-54(57)62/h5,7,11-14,17-18,20-21,23-26,29-32,39-40,44-47,51-53,60-61H,3-4,6,8-10,15-16,19,22,27-28,33-38,41-43H2,1-2H3,(H,63,64)(H,65,66)(H2,55,56,62)/b7-5-,13-11-,14-12-,18-17-,21-20-,25-23-,26-24-,31-29-,32-30-/t44-,45?,46?,47-,51-,52-,53-/m1/s1. The van der Waals surface area contributed by atoms with E-state index < -0.39 is 83.7 Å². The highest BCUT2D eigenvalue weighted by Gasteiger charge is 2.46. The maximum Gasteiger partial charge on any atom is 0.481 e. The lowest BCUT2D eigenvalue weighted by Gasteiger charge is -2.21. The van der Waals surface area contributed by atoms with E-state index in [-0.39, 0.29) is 30.9 Å². The third kappa shape index (κ3) is 30.1. The van der Waals surface area contributed by atoms with Crippen LogP contribution >= 0.6 is 15.6 Å². The molecule has 19 nitrogen and oxygen atoms in total. The zero-order valence-electron chi connectivity index (χ0n) is 43.5. The van der Waals surface area contributed by atoms with Gasteiger partial charge in [0.05, 0.1) is 25.4 Å². The molecule has 75 heavy (non-hydrogen) atoms. The second-order valence-electron chi connectivity index (χ2n) is 17.7. The number of nitrogens with zero attached hydrogens (tertiary/aromatic N) is 2. The molecule has 1 aromatic rings. The molecule has 0 aliphatic carbocycles. The van der Waals surface area contributed by atoms with Gasteiger partial charge in [0.2, 0.25) is 0 Å². The van der Waals surface area contributed by atoms with Crippen molar-refractivity contribution in [2.24, 2.45) is 0 Å². The first-order valence-electron chi connectivity index (χ1n) is 26.0. The number of ether oxygens (including phenoxy) is 4. The van der Waals surface area contributed by atoms with Gasteiger partial charge in [-0.25, -0.2) is 13.9 Å². The summed E-state index contributed by atoms with van der Waals surface area (Å²) in [6.07, 6.45) is 44.9. The Kier molecular flexibility index (Phi) is 32.8. The van der Waals surface area contributed by atoms with Crippen LogP contribution in [0.25, 0.3) is 0 Å². The Labute approximate surface area is 442 Å². The molecule has 4 unspecified atom stereocenters. The van der Waals surface area contributed by atoms with Crippen LogP contribution in [0.15, 0.2) is 126 Å². The van der Waals surface area contributed by atoms with Gasteiger partial charge in [-0.3, -0.25) is 23.2 Å². The molecule has 9 atom stereocenters. The van der Waals surface area contributed by atoms with E-state index in [0.717, 1.165) is 68.6 Å². The summed E-state index contributed by atoms with van der Waals surface area (Å²) in [5, 5.41) is 20.9. The monoisotopic (exact) mass is 1090 g/mol. The van der Waals surface area contributed by atoms with Crippen molar-refractivity contribution in [3.05, 3.63) is 132 Å². The Morgan fingerprint density at radius 3 is 1.83 bits per heavy atom. The summed E-state index contributed by atoms with van der Waals surface area (Å²) in [7, 11) is -10.9. The van der Waals surface area contributed by atoms with Gasteiger partial charge in [-0.05, 0) is 96.0 Å². The van der Waals surface area contributed by atoms with Crippen LogP contribution < -0.4 is 11.4 Å². The molecule has 418 valence electrons. The van der Waals surface area contributed by atoms with Crippen LogP contribution in [0, 0.1) is 0 Å². The van der Waals surface area contributed by atoms with Crippen LogP contribution in [0.4, 0.5) is 5.82 Å². The molecule has 2 saturated heterocycles. The van der Waals surface area contributed by atoms with Crippen molar-refractivity contribution < 1.29 is 71.0 Å². The van der Waals surface area contributed by atoms with E-state index in [4.69, 9.17) is 33.7 Å². The molecule has 0 bridgehead atoms. The number of esters is 2. The number of nitrogen functional groups attached to an aromatic ring is 1. The van der Waals surface area contributed by atoms with Gasteiger partial charge in [-0.15, -0.1) is 0 Å². The number of aliphatic hydroxyl groups is 2. The minimum Gasteiger partial charge on any atom is -0.462 e. The minimum atomic E-state index is -5.47. The fourth-order valence-corrected chi connectivity index (χ4v) is 9.30. The Morgan fingerprint density at radius 2 is 1.24 bits per heavy atom. The zero-order chi connectivity index (χ0) is 54.6. The molecule has 21 heteroatoms. The molecular formula is C54H81N3O16P2. The number of epoxide rings is 1. The van der Waals surface area contributed by atoms with Crippen LogP contribution in [-0.4, -0.2) is 97.9 Å². The van der Waals surface area contributed by atoms with Gasteiger partial charge in [-0.2, -0.15) is 9.29 Å². The minimum absolute atomic E-state index is 0.0155. The number of carbonyl (C=O) groups excluding carboxylic acids is 2. The molecule has 0 spiro atoms. The normalized spacial score (nSPS) is 22.4. The fourth-order valence-electron chi connectivity index (χ4n) is 7.19. The molecule has 0 radical (unpaired) electrons. The molecular weight excluding hydrogens is 1010 g/mol. The highest BCUT2D eigenvalue weighted by Crippen LogP contribution is 2.60. The number of aliphatic hydroxyl groups excluding tert-OH is 2. The summed E-state index contributed by atoms with van der Waals surface area (Å²) in [5.74, 6) is -1.49. The Morgan fingerprint density at radius 1 is 0.680 bits per heavy atom. The number of unbranched alkanes of at least 4 members (excludes halogenated alkanes) is 3. The van der Waals surface area contributed by atoms with E-state index in [9.17, 15) is 43.5 Å². The van der Waals surface area contributed by atoms with E-state index in [2.05, 4.69) is 108 Å². The molecule has 3 heterocycles. The third-order valence-corrected chi connectivity index (χ3v) is 13.9. The number of allylic oxidation sites excluding steroid dienone is 17. The van der Waals surface area contributed by atoms with Crippen LogP contribution in [0.2, 0.25) is 0 Å². The van der Waals surface area contributed by atoms with Gasteiger partial charge >= 0.3 is 33.3 Å². The lowest BCUT2D eigenvalue weighted by Crippen LogP contribution is -2.36. The van der Waals surface area contributed by atoms with Gasteiger partial charge in [-0.1, -0.05) is 136 Å². The van der Waals surface area contributed by atoms with E-state index >= 15 is 0 Å².